The average molecular weight is 689 g/mol. The molecule has 0 saturated heterocycles. The van der Waals surface area contributed by atoms with Crippen LogP contribution in [0.15, 0.2) is 0 Å². The summed E-state index contributed by atoms with van der Waals surface area (Å²) in [4.78, 5) is 20.4. The molecule has 0 spiro atoms. The first-order valence-electron chi connectivity index (χ1n) is 20.0. The van der Waals surface area contributed by atoms with E-state index in [1.54, 1.807) is 0 Å². The van der Waals surface area contributed by atoms with Crippen LogP contribution in [0.4, 0.5) is 0 Å². The molecule has 0 fully saturated rings. The molecule has 6 heteroatoms. The van der Waals surface area contributed by atoms with Gasteiger partial charge in [0.1, 0.15) is 0 Å². The first-order chi connectivity index (χ1) is 22.0. The molecule has 0 atom stereocenters. The van der Waals surface area contributed by atoms with Crippen molar-refractivity contribution in [1.82, 2.24) is 0 Å². The van der Waals surface area contributed by atoms with E-state index in [0.717, 1.165) is 38.5 Å². The van der Waals surface area contributed by atoms with Gasteiger partial charge in [-0.3, -0.25) is 0 Å². The molecule has 0 aliphatic carbocycles. The number of carboxylic acids is 2. The maximum Gasteiger partial charge on any atom is 2.00 e. The molecule has 0 saturated carbocycles. The predicted octanol–water partition coefficient (Wildman–Crippen LogP) is 10.8. The summed E-state index contributed by atoms with van der Waals surface area (Å²) < 4.78 is 0. The van der Waals surface area contributed by atoms with Gasteiger partial charge < -0.3 is 24.9 Å². The number of aliphatic carboxylic acids is 2. The maximum absolute atomic E-state index is 10.2. The second kappa shape index (κ2) is 51.4. The Morgan fingerprint density at radius 1 is 0.348 bits per heavy atom. The maximum atomic E-state index is 10.2. The predicted molar refractivity (Wildman–Crippen MR) is 191 cm³/mol. The van der Waals surface area contributed by atoms with Crippen LogP contribution in [0.3, 0.4) is 0 Å². The minimum atomic E-state index is -0.903. The number of aliphatic hydroxyl groups excluding tert-OH is 1. The second-order valence-electron chi connectivity index (χ2n) is 13.2. The minimum absolute atomic E-state index is 0. The van der Waals surface area contributed by atoms with Gasteiger partial charge in [0.2, 0.25) is 0 Å². The Balaban J connectivity index is -0.000000327. The quantitative estimate of drug-likeness (QED) is 0.0536. The topological polar surface area (TPSA) is 100 Å². The number of aliphatic hydroxyl groups is 1. The van der Waals surface area contributed by atoms with Crippen molar-refractivity contribution in [3.8, 4) is 0 Å². The Bertz CT molecular complexity index is 498. The molecule has 0 unspecified atom stereocenters. The SMILES string of the molecule is CCCCCCCCCCCCCCCCCC(=O)[O-].CCCCCCCCCCCCCCCCCC(=O)[O-].CCCCO.[Ti+2]. The molecule has 0 radical (unpaired) electrons. The number of hydrogen-bond acceptors (Lipinski definition) is 5. The van der Waals surface area contributed by atoms with Crippen LogP contribution in [-0.2, 0) is 31.3 Å². The smallest absolute Gasteiger partial charge is 0.550 e. The van der Waals surface area contributed by atoms with E-state index in [9.17, 15) is 19.8 Å². The van der Waals surface area contributed by atoms with Gasteiger partial charge in [-0.1, -0.05) is 207 Å². The first-order valence-corrected chi connectivity index (χ1v) is 20.0. The monoisotopic (exact) mass is 689 g/mol. The Kier molecular flexibility index (Phi) is 58.6. The third-order valence-electron chi connectivity index (χ3n) is 8.48. The number of carboxylic acid groups (broad SMARTS) is 2. The van der Waals surface area contributed by atoms with Crippen LogP contribution >= 0.6 is 0 Å². The van der Waals surface area contributed by atoms with Crippen LogP contribution in [0.1, 0.15) is 239 Å². The van der Waals surface area contributed by atoms with E-state index in [4.69, 9.17) is 5.11 Å². The van der Waals surface area contributed by atoms with Gasteiger partial charge >= 0.3 is 21.7 Å². The molecule has 0 heterocycles. The molecule has 0 aromatic heterocycles. The van der Waals surface area contributed by atoms with E-state index in [0.29, 0.717) is 6.61 Å². The molecule has 5 nitrogen and oxygen atoms in total. The number of hydrogen-bond donors (Lipinski definition) is 1. The Morgan fingerprint density at radius 2 is 0.522 bits per heavy atom. The molecular formula is C40H80O5Ti. The number of unbranched alkanes of at least 4 members (excludes halogenated alkanes) is 29. The van der Waals surface area contributed by atoms with E-state index in [2.05, 4.69) is 20.8 Å². The van der Waals surface area contributed by atoms with Gasteiger partial charge in [-0.05, 0) is 32.1 Å². The Labute approximate surface area is 303 Å². The van der Waals surface area contributed by atoms with Crippen LogP contribution in [0, 0.1) is 0 Å². The summed E-state index contributed by atoms with van der Waals surface area (Å²) in [7, 11) is 0. The van der Waals surface area contributed by atoms with Gasteiger partial charge in [0.05, 0.1) is 0 Å². The van der Waals surface area contributed by atoms with E-state index in [-0.39, 0.29) is 34.6 Å². The van der Waals surface area contributed by atoms with Gasteiger partial charge in [-0.15, -0.1) is 0 Å². The van der Waals surface area contributed by atoms with Gasteiger partial charge in [-0.25, -0.2) is 0 Å². The molecule has 0 aliphatic heterocycles. The average Bonchev–Trinajstić information content (AvgIpc) is 3.02. The van der Waals surface area contributed by atoms with Gasteiger partial charge in [0.25, 0.3) is 0 Å². The fourth-order valence-electron chi connectivity index (χ4n) is 5.44. The fourth-order valence-corrected chi connectivity index (χ4v) is 5.44. The van der Waals surface area contributed by atoms with E-state index in [1.165, 1.54) is 167 Å². The van der Waals surface area contributed by atoms with Crippen molar-refractivity contribution in [2.24, 2.45) is 0 Å². The summed E-state index contributed by atoms with van der Waals surface area (Å²) in [5, 5.41) is 28.5. The van der Waals surface area contributed by atoms with Crippen LogP contribution in [0.25, 0.3) is 0 Å². The van der Waals surface area contributed by atoms with Crippen molar-refractivity contribution in [2.75, 3.05) is 6.61 Å². The third-order valence-corrected chi connectivity index (χ3v) is 8.48. The van der Waals surface area contributed by atoms with Gasteiger partial charge in [0.15, 0.2) is 0 Å². The summed E-state index contributed by atoms with van der Waals surface area (Å²) in [5.74, 6) is -1.81. The van der Waals surface area contributed by atoms with Gasteiger partial charge in [0, 0.05) is 18.5 Å². The molecule has 274 valence electrons. The molecule has 0 bridgehead atoms. The largest absolute Gasteiger partial charge is 2.00 e. The summed E-state index contributed by atoms with van der Waals surface area (Å²) in [5.41, 5.74) is 0. The molecule has 0 aromatic rings. The zero-order chi connectivity index (χ0) is 33.9. The first kappa shape index (κ1) is 52.4. The van der Waals surface area contributed by atoms with E-state index >= 15 is 0 Å². The zero-order valence-corrected chi connectivity index (χ0v) is 32.9. The summed E-state index contributed by atoms with van der Waals surface area (Å²) in [6.45, 7) is 6.93. The van der Waals surface area contributed by atoms with Crippen molar-refractivity contribution in [1.29, 1.82) is 0 Å². The van der Waals surface area contributed by atoms with Crippen LogP contribution in [-0.4, -0.2) is 23.7 Å². The minimum Gasteiger partial charge on any atom is -0.550 e. The van der Waals surface area contributed by atoms with Crippen molar-refractivity contribution >= 4 is 11.9 Å². The summed E-state index contributed by atoms with van der Waals surface area (Å²) >= 11 is 0. The molecule has 0 aliphatic rings. The zero-order valence-electron chi connectivity index (χ0n) is 31.3. The molecule has 1 N–H and O–H groups in total. The number of carbonyl (C=O) groups excluding carboxylic acids is 2. The van der Waals surface area contributed by atoms with Crippen LogP contribution < -0.4 is 10.2 Å². The van der Waals surface area contributed by atoms with Crippen LogP contribution in [0.5, 0.6) is 0 Å². The number of carbonyl (C=O) groups is 2. The van der Waals surface area contributed by atoms with E-state index in [1.807, 2.05) is 0 Å². The summed E-state index contributed by atoms with van der Waals surface area (Å²) in [6, 6.07) is 0. The molecule has 0 rings (SSSR count). The van der Waals surface area contributed by atoms with Crippen molar-refractivity contribution in [2.45, 2.75) is 239 Å². The number of rotatable bonds is 34. The third kappa shape index (κ3) is 62.4. The molecule has 0 amide bonds. The normalized spacial score (nSPS) is 10.3. The Morgan fingerprint density at radius 3 is 0.652 bits per heavy atom. The van der Waals surface area contributed by atoms with Crippen molar-refractivity contribution in [3.05, 3.63) is 0 Å². The van der Waals surface area contributed by atoms with Gasteiger partial charge in [-0.2, -0.15) is 0 Å². The Hall–Kier alpha value is -0.386. The fraction of sp³-hybridized carbons (Fsp3) is 0.950. The summed E-state index contributed by atoms with van der Waals surface area (Å²) in [6.07, 6.45) is 41.8. The van der Waals surface area contributed by atoms with Crippen molar-refractivity contribution in [3.63, 3.8) is 0 Å². The molecule has 46 heavy (non-hydrogen) atoms. The standard InChI is InChI=1S/2C18H36O2.C4H10O.Ti/c2*1-2-3-4-5-6-7-8-9-10-11-12-13-14-15-16-17-18(19)20;1-2-3-4-5;/h2*2-17H2,1H3,(H,19,20);5H,2-4H2,1H3;/q;;;+2/p-2. The molecule has 0 aromatic carbocycles. The molecular weight excluding hydrogens is 608 g/mol. The van der Waals surface area contributed by atoms with Crippen molar-refractivity contribution < 1.29 is 46.6 Å². The van der Waals surface area contributed by atoms with Crippen LogP contribution in [0.2, 0.25) is 0 Å². The van der Waals surface area contributed by atoms with E-state index < -0.39 is 11.9 Å². The second-order valence-corrected chi connectivity index (χ2v) is 13.2.